The maximum Gasteiger partial charge on any atom is 0.239 e. The third-order valence-corrected chi connectivity index (χ3v) is 11.5. The van der Waals surface area contributed by atoms with Gasteiger partial charge in [-0.1, -0.05) is 151 Å². The third-order valence-electron chi connectivity index (χ3n) is 11.0. The number of halogens is 2. The van der Waals surface area contributed by atoms with Crippen molar-refractivity contribution in [3.63, 3.8) is 0 Å². The highest BCUT2D eigenvalue weighted by Gasteiger charge is 2.82. The summed E-state index contributed by atoms with van der Waals surface area (Å²) in [5.74, 6) is -3.08. The molecule has 6 heteroatoms. The van der Waals surface area contributed by atoms with Crippen LogP contribution in [-0.2, 0) is 25.2 Å². The van der Waals surface area contributed by atoms with E-state index < -0.39 is 34.5 Å². The SMILES string of the molecule is O=C1[C@H]2[C@H](C(=O)N1c1ccc(-c3ccccc3)cc1)[C@@]1(c3ccc(Cl)cc3)C(=O)[C@@]2(c2ccc(Cl)cc2)C(c2ccccc2)=C1c1ccccc1. The molecule has 0 radical (unpaired) electrons. The summed E-state index contributed by atoms with van der Waals surface area (Å²) in [4.78, 5) is 47.9. The molecule has 4 atom stereocenters. The van der Waals surface area contributed by atoms with Gasteiger partial charge in [0.05, 0.1) is 28.4 Å². The summed E-state index contributed by atoms with van der Waals surface area (Å²) >= 11 is 12.9. The molecule has 1 aliphatic heterocycles. The lowest BCUT2D eigenvalue weighted by Gasteiger charge is -2.39. The van der Waals surface area contributed by atoms with Crippen LogP contribution in [0.3, 0.4) is 0 Å². The molecular weight excluding hydrogens is 673 g/mol. The van der Waals surface area contributed by atoms with Crippen LogP contribution in [0.1, 0.15) is 22.3 Å². The van der Waals surface area contributed by atoms with E-state index in [0.29, 0.717) is 26.9 Å². The normalized spacial score (nSPS) is 23.6. The predicted molar refractivity (Wildman–Crippen MR) is 202 cm³/mol. The Labute approximate surface area is 305 Å². The number of allylic oxidation sites excluding steroid dienone is 2. The van der Waals surface area contributed by atoms with Crippen LogP contribution in [0, 0.1) is 11.8 Å². The van der Waals surface area contributed by atoms with Gasteiger partial charge in [-0.25, -0.2) is 4.90 Å². The summed E-state index contributed by atoms with van der Waals surface area (Å²) in [5, 5.41) is 1.00. The zero-order valence-electron chi connectivity index (χ0n) is 27.2. The summed E-state index contributed by atoms with van der Waals surface area (Å²) in [6.07, 6.45) is 0. The molecule has 1 heterocycles. The number of carbonyl (C=O) groups is 3. The van der Waals surface area contributed by atoms with E-state index in [2.05, 4.69) is 0 Å². The molecule has 246 valence electrons. The first-order chi connectivity index (χ1) is 24.9. The lowest BCUT2D eigenvalue weighted by molar-refractivity contribution is -0.130. The van der Waals surface area contributed by atoms with Crippen LogP contribution in [0.4, 0.5) is 5.69 Å². The molecule has 2 amide bonds. The van der Waals surface area contributed by atoms with Gasteiger partial charge in [-0.15, -0.1) is 0 Å². The van der Waals surface area contributed by atoms with E-state index in [4.69, 9.17) is 23.2 Å². The Morgan fingerprint density at radius 1 is 0.412 bits per heavy atom. The van der Waals surface area contributed by atoms with E-state index in [0.717, 1.165) is 33.4 Å². The standard InChI is InChI=1S/C45H29Cl2NO3/c46-34-22-18-32(19-23-34)44-37(30-12-6-2-7-13-30)38(31-14-8-3-9-15-31)45(43(44)51,33-20-24-35(47)25-21-33)40-39(44)41(49)48(42(40)50)36-26-16-29(17-27-36)28-10-4-1-5-11-28/h1-27,39-40H/t39-,40-,44+,45+/m1/s1. The van der Waals surface area contributed by atoms with Crippen molar-refractivity contribution in [2.45, 2.75) is 10.8 Å². The average Bonchev–Trinajstić information content (AvgIpc) is 3.68. The highest BCUT2D eigenvalue weighted by atomic mass is 35.5. The van der Waals surface area contributed by atoms with Gasteiger partial charge < -0.3 is 0 Å². The molecule has 2 bridgehead atoms. The first-order valence-electron chi connectivity index (χ1n) is 16.8. The highest BCUT2D eigenvalue weighted by molar-refractivity contribution is 6.39. The number of ketones is 1. The van der Waals surface area contributed by atoms with E-state index in [1.54, 1.807) is 24.3 Å². The number of amides is 2. The Bertz CT molecular complexity index is 2250. The molecule has 6 aromatic rings. The fourth-order valence-electron chi connectivity index (χ4n) is 9.05. The quantitative estimate of drug-likeness (QED) is 0.163. The van der Waals surface area contributed by atoms with Gasteiger partial charge in [-0.3, -0.25) is 14.4 Å². The van der Waals surface area contributed by atoms with E-state index in [1.165, 1.54) is 4.90 Å². The molecule has 0 unspecified atom stereocenters. The van der Waals surface area contributed by atoms with Crippen LogP contribution in [0.2, 0.25) is 10.0 Å². The average molecular weight is 703 g/mol. The fourth-order valence-corrected chi connectivity index (χ4v) is 9.30. The van der Waals surface area contributed by atoms with Crippen molar-refractivity contribution < 1.29 is 14.4 Å². The number of rotatable bonds is 6. The Kier molecular flexibility index (Phi) is 7.25. The molecule has 9 rings (SSSR count). The lowest BCUT2D eigenvalue weighted by Crippen LogP contribution is -2.45. The van der Waals surface area contributed by atoms with Gasteiger partial charge in [0.25, 0.3) is 0 Å². The maximum atomic E-state index is 16.1. The van der Waals surface area contributed by atoms with E-state index in [9.17, 15) is 0 Å². The fraction of sp³-hybridized carbons (Fsp3) is 0.0889. The summed E-state index contributed by atoms with van der Waals surface area (Å²) in [6.45, 7) is 0. The number of hydrogen-bond acceptors (Lipinski definition) is 3. The van der Waals surface area contributed by atoms with Crippen LogP contribution < -0.4 is 4.90 Å². The molecule has 3 aliphatic rings. The smallest absolute Gasteiger partial charge is 0.239 e. The minimum Gasteiger partial charge on any atom is -0.297 e. The largest absolute Gasteiger partial charge is 0.297 e. The molecule has 0 aromatic heterocycles. The van der Waals surface area contributed by atoms with Crippen molar-refractivity contribution in [3.8, 4) is 11.1 Å². The lowest BCUT2D eigenvalue weighted by atomic mass is 9.59. The monoisotopic (exact) mass is 701 g/mol. The summed E-state index contributed by atoms with van der Waals surface area (Å²) in [5.41, 5.74) is 3.70. The van der Waals surface area contributed by atoms with Crippen LogP contribution in [0.25, 0.3) is 22.3 Å². The molecule has 1 saturated heterocycles. The number of nitrogens with zero attached hydrogens (tertiary/aromatic N) is 1. The second kappa shape index (κ2) is 11.8. The summed E-state index contributed by atoms with van der Waals surface area (Å²) in [6, 6.07) is 51.3. The summed E-state index contributed by atoms with van der Waals surface area (Å²) < 4.78 is 0. The van der Waals surface area contributed by atoms with Crippen molar-refractivity contribution in [2.75, 3.05) is 4.90 Å². The molecule has 51 heavy (non-hydrogen) atoms. The third kappa shape index (κ3) is 4.30. The molecule has 0 spiro atoms. The Hall–Kier alpha value is -5.55. The number of Topliss-reactive ketones (excluding diaryl/α,β-unsaturated/α-hetero) is 1. The highest BCUT2D eigenvalue weighted by Crippen LogP contribution is 2.74. The number of fused-ring (bicyclic) bond motifs is 5. The van der Waals surface area contributed by atoms with Gasteiger partial charge in [-0.2, -0.15) is 0 Å². The van der Waals surface area contributed by atoms with Gasteiger partial charge in [0.2, 0.25) is 11.8 Å². The number of imide groups is 1. The van der Waals surface area contributed by atoms with Gasteiger partial charge >= 0.3 is 0 Å². The summed E-state index contributed by atoms with van der Waals surface area (Å²) in [7, 11) is 0. The van der Waals surface area contributed by atoms with Crippen molar-refractivity contribution in [3.05, 3.63) is 196 Å². The number of carbonyl (C=O) groups excluding carboxylic acids is 3. The van der Waals surface area contributed by atoms with E-state index >= 15 is 14.4 Å². The molecule has 2 fully saturated rings. The molecule has 4 nitrogen and oxygen atoms in total. The number of benzene rings is 6. The molecular formula is C45H29Cl2NO3. The minimum atomic E-state index is -1.52. The van der Waals surface area contributed by atoms with Crippen LogP contribution in [-0.4, -0.2) is 17.6 Å². The van der Waals surface area contributed by atoms with Gasteiger partial charge in [0.1, 0.15) is 0 Å². The first kappa shape index (κ1) is 31.4. The van der Waals surface area contributed by atoms with Crippen molar-refractivity contribution >= 4 is 57.6 Å². The maximum absolute atomic E-state index is 16.1. The second-order valence-corrected chi connectivity index (χ2v) is 14.2. The molecule has 0 N–H and O–H groups in total. The van der Waals surface area contributed by atoms with Crippen LogP contribution >= 0.6 is 23.2 Å². The van der Waals surface area contributed by atoms with Crippen LogP contribution in [0.15, 0.2) is 164 Å². The van der Waals surface area contributed by atoms with Gasteiger partial charge in [0.15, 0.2) is 5.78 Å². The zero-order valence-corrected chi connectivity index (χ0v) is 28.7. The Morgan fingerprint density at radius 3 is 1.16 bits per heavy atom. The second-order valence-electron chi connectivity index (χ2n) is 13.3. The van der Waals surface area contributed by atoms with Crippen molar-refractivity contribution in [2.24, 2.45) is 11.8 Å². The first-order valence-corrected chi connectivity index (χ1v) is 17.6. The zero-order chi connectivity index (χ0) is 34.9. The van der Waals surface area contributed by atoms with Gasteiger partial charge in [-0.05, 0) is 80.9 Å². The van der Waals surface area contributed by atoms with Crippen molar-refractivity contribution in [1.82, 2.24) is 0 Å². The predicted octanol–water partition coefficient (Wildman–Crippen LogP) is 9.85. The number of hydrogen-bond donors (Lipinski definition) is 0. The van der Waals surface area contributed by atoms with E-state index in [-0.39, 0.29) is 5.78 Å². The van der Waals surface area contributed by atoms with E-state index in [1.807, 2.05) is 140 Å². The van der Waals surface area contributed by atoms with Gasteiger partial charge in [0, 0.05) is 10.0 Å². The van der Waals surface area contributed by atoms with Crippen LogP contribution in [0.5, 0.6) is 0 Å². The van der Waals surface area contributed by atoms with Crippen molar-refractivity contribution in [1.29, 1.82) is 0 Å². The Morgan fingerprint density at radius 2 is 0.765 bits per heavy atom. The molecule has 1 saturated carbocycles. The minimum absolute atomic E-state index is 0.201. The number of anilines is 1. The topological polar surface area (TPSA) is 54.5 Å². The Balaban J connectivity index is 1.37. The molecule has 6 aromatic carbocycles. The molecule has 2 aliphatic carbocycles.